The fraction of sp³-hybridized carbons (Fsp3) is 0.400. The maximum atomic E-state index is 4.23. The molecule has 1 unspecified atom stereocenters. The number of hydrogen-bond acceptors (Lipinski definition) is 2. The highest BCUT2D eigenvalue weighted by atomic mass is 15.2. The maximum absolute atomic E-state index is 4.23. The molecule has 0 amide bonds. The molecular formula is C15H21N3. The van der Waals surface area contributed by atoms with Gasteiger partial charge in [0.05, 0.1) is 6.20 Å². The van der Waals surface area contributed by atoms with Crippen molar-refractivity contribution in [1.82, 2.24) is 15.1 Å². The summed E-state index contributed by atoms with van der Waals surface area (Å²) in [6.07, 6.45) is 5.01. The van der Waals surface area contributed by atoms with Crippen LogP contribution in [0, 0.1) is 6.92 Å². The number of aromatic nitrogens is 2. The first-order valence-electron chi connectivity index (χ1n) is 6.47. The molecular weight excluding hydrogens is 222 g/mol. The first kappa shape index (κ1) is 12.8. The zero-order valence-electron chi connectivity index (χ0n) is 11.4. The molecule has 1 aromatic heterocycles. The van der Waals surface area contributed by atoms with Crippen molar-refractivity contribution in [3.63, 3.8) is 0 Å². The van der Waals surface area contributed by atoms with Gasteiger partial charge in [-0.1, -0.05) is 31.2 Å². The second kappa shape index (κ2) is 5.83. The summed E-state index contributed by atoms with van der Waals surface area (Å²) in [5.74, 6) is 0. The molecule has 96 valence electrons. The van der Waals surface area contributed by atoms with Crippen molar-refractivity contribution in [2.45, 2.75) is 26.3 Å². The van der Waals surface area contributed by atoms with E-state index in [1.54, 1.807) is 0 Å². The van der Waals surface area contributed by atoms with Crippen molar-refractivity contribution in [3.05, 3.63) is 53.3 Å². The summed E-state index contributed by atoms with van der Waals surface area (Å²) < 4.78 is 1.86. The molecule has 0 radical (unpaired) electrons. The molecule has 1 atom stereocenters. The number of nitrogens with one attached hydrogen (secondary N) is 1. The first-order valence-corrected chi connectivity index (χ1v) is 6.47. The van der Waals surface area contributed by atoms with E-state index in [0.717, 1.165) is 13.0 Å². The van der Waals surface area contributed by atoms with Crippen LogP contribution in [0.3, 0.4) is 0 Å². The Kier molecular flexibility index (Phi) is 4.15. The minimum atomic E-state index is 0.361. The third kappa shape index (κ3) is 2.99. The van der Waals surface area contributed by atoms with Crippen molar-refractivity contribution >= 4 is 0 Å². The van der Waals surface area contributed by atoms with E-state index in [1.807, 2.05) is 17.9 Å². The van der Waals surface area contributed by atoms with Gasteiger partial charge in [-0.05, 0) is 36.6 Å². The summed E-state index contributed by atoms with van der Waals surface area (Å²) in [5.41, 5.74) is 3.99. The lowest BCUT2D eigenvalue weighted by molar-refractivity contribution is 0.547. The SMILES string of the molecule is CCNC(Cc1cnn(C)c1)c1ccccc1C. The number of likely N-dealkylation sites (N-methyl/N-ethyl adjacent to an activating group) is 1. The van der Waals surface area contributed by atoms with Crippen LogP contribution in [0.4, 0.5) is 0 Å². The second-order valence-electron chi connectivity index (χ2n) is 4.69. The van der Waals surface area contributed by atoms with Crippen molar-refractivity contribution < 1.29 is 0 Å². The lowest BCUT2D eigenvalue weighted by Gasteiger charge is -2.19. The molecule has 0 bridgehead atoms. The van der Waals surface area contributed by atoms with Gasteiger partial charge >= 0.3 is 0 Å². The quantitative estimate of drug-likeness (QED) is 0.875. The van der Waals surface area contributed by atoms with Crippen LogP contribution >= 0.6 is 0 Å². The van der Waals surface area contributed by atoms with Gasteiger partial charge in [0.25, 0.3) is 0 Å². The van der Waals surface area contributed by atoms with Crippen LogP contribution in [0.15, 0.2) is 36.7 Å². The largest absolute Gasteiger partial charge is 0.310 e. The Morgan fingerprint density at radius 1 is 1.33 bits per heavy atom. The van der Waals surface area contributed by atoms with Crippen LogP contribution < -0.4 is 5.32 Å². The van der Waals surface area contributed by atoms with E-state index in [4.69, 9.17) is 0 Å². The molecule has 0 aliphatic heterocycles. The van der Waals surface area contributed by atoms with Gasteiger partial charge in [0, 0.05) is 19.3 Å². The minimum Gasteiger partial charge on any atom is -0.310 e. The van der Waals surface area contributed by atoms with E-state index in [-0.39, 0.29) is 0 Å². The van der Waals surface area contributed by atoms with E-state index in [2.05, 4.69) is 54.7 Å². The lowest BCUT2D eigenvalue weighted by atomic mass is 9.96. The van der Waals surface area contributed by atoms with Gasteiger partial charge in [-0.25, -0.2) is 0 Å². The third-order valence-corrected chi connectivity index (χ3v) is 3.21. The minimum absolute atomic E-state index is 0.361. The molecule has 3 heteroatoms. The number of aryl methyl sites for hydroxylation is 2. The molecule has 0 aliphatic rings. The van der Waals surface area contributed by atoms with Gasteiger partial charge in [0.15, 0.2) is 0 Å². The summed E-state index contributed by atoms with van der Waals surface area (Å²) in [6, 6.07) is 8.93. The van der Waals surface area contributed by atoms with Gasteiger partial charge in [0.1, 0.15) is 0 Å². The standard InChI is InChI=1S/C15H21N3/c1-4-16-15(9-13-10-17-18(3)11-13)14-8-6-5-7-12(14)2/h5-8,10-11,15-16H,4,9H2,1-3H3. The fourth-order valence-electron chi connectivity index (χ4n) is 2.33. The Morgan fingerprint density at radius 2 is 2.11 bits per heavy atom. The number of nitrogens with zero attached hydrogens (tertiary/aromatic N) is 2. The lowest BCUT2D eigenvalue weighted by Crippen LogP contribution is -2.23. The molecule has 0 saturated carbocycles. The third-order valence-electron chi connectivity index (χ3n) is 3.21. The second-order valence-corrected chi connectivity index (χ2v) is 4.69. The highest BCUT2D eigenvalue weighted by molar-refractivity contribution is 5.30. The molecule has 0 spiro atoms. The van der Waals surface area contributed by atoms with E-state index in [1.165, 1.54) is 16.7 Å². The molecule has 2 aromatic rings. The first-order chi connectivity index (χ1) is 8.70. The van der Waals surface area contributed by atoms with E-state index >= 15 is 0 Å². The fourth-order valence-corrected chi connectivity index (χ4v) is 2.33. The van der Waals surface area contributed by atoms with Crippen LogP contribution in [0.5, 0.6) is 0 Å². The summed E-state index contributed by atoms with van der Waals surface area (Å²) >= 11 is 0. The molecule has 0 saturated heterocycles. The molecule has 1 N–H and O–H groups in total. The Morgan fingerprint density at radius 3 is 2.72 bits per heavy atom. The van der Waals surface area contributed by atoms with Crippen molar-refractivity contribution in [2.75, 3.05) is 6.54 Å². The van der Waals surface area contributed by atoms with Crippen molar-refractivity contribution in [2.24, 2.45) is 7.05 Å². The van der Waals surface area contributed by atoms with Crippen LogP contribution in [0.2, 0.25) is 0 Å². The molecule has 18 heavy (non-hydrogen) atoms. The molecule has 2 rings (SSSR count). The zero-order chi connectivity index (χ0) is 13.0. The van der Waals surface area contributed by atoms with Gasteiger partial charge < -0.3 is 5.32 Å². The van der Waals surface area contributed by atoms with E-state index < -0.39 is 0 Å². The average Bonchev–Trinajstić information content (AvgIpc) is 2.75. The van der Waals surface area contributed by atoms with Crippen LogP contribution in [-0.2, 0) is 13.5 Å². The van der Waals surface area contributed by atoms with Gasteiger partial charge in [0.2, 0.25) is 0 Å². The molecule has 0 fully saturated rings. The Bertz CT molecular complexity index is 502. The predicted molar refractivity (Wildman–Crippen MR) is 74.5 cm³/mol. The zero-order valence-corrected chi connectivity index (χ0v) is 11.4. The predicted octanol–water partition coefficient (Wildman–Crippen LogP) is 2.62. The highest BCUT2D eigenvalue weighted by Crippen LogP contribution is 2.21. The van der Waals surface area contributed by atoms with Crippen molar-refractivity contribution in [1.29, 1.82) is 0 Å². The Labute approximate surface area is 109 Å². The summed E-state index contributed by atoms with van der Waals surface area (Å²) in [6.45, 7) is 5.29. The molecule has 0 aliphatic carbocycles. The smallest absolute Gasteiger partial charge is 0.0522 e. The summed E-state index contributed by atoms with van der Waals surface area (Å²) in [5, 5.41) is 7.80. The normalized spacial score (nSPS) is 12.6. The van der Waals surface area contributed by atoms with E-state index in [0.29, 0.717) is 6.04 Å². The van der Waals surface area contributed by atoms with E-state index in [9.17, 15) is 0 Å². The van der Waals surface area contributed by atoms with Crippen molar-refractivity contribution in [3.8, 4) is 0 Å². The van der Waals surface area contributed by atoms with Gasteiger partial charge in [-0.2, -0.15) is 5.10 Å². The maximum Gasteiger partial charge on any atom is 0.0522 e. The average molecular weight is 243 g/mol. The topological polar surface area (TPSA) is 29.9 Å². The van der Waals surface area contributed by atoms with Gasteiger partial charge in [-0.15, -0.1) is 0 Å². The van der Waals surface area contributed by atoms with Crippen LogP contribution in [0.1, 0.15) is 29.7 Å². The monoisotopic (exact) mass is 243 g/mol. The summed E-state index contributed by atoms with van der Waals surface area (Å²) in [7, 11) is 1.96. The number of hydrogen-bond donors (Lipinski definition) is 1. The molecule has 1 aromatic carbocycles. The molecule has 3 nitrogen and oxygen atoms in total. The van der Waals surface area contributed by atoms with Crippen LogP contribution in [0.25, 0.3) is 0 Å². The highest BCUT2D eigenvalue weighted by Gasteiger charge is 2.13. The molecule has 1 heterocycles. The summed E-state index contributed by atoms with van der Waals surface area (Å²) in [4.78, 5) is 0. The number of benzene rings is 1. The van der Waals surface area contributed by atoms with Gasteiger partial charge in [-0.3, -0.25) is 4.68 Å². The van der Waals surface area contributed by atoms with Crippen LogP contribution in [-0.4, -0.2) is 16.3 Å². The Hall–Kier alpha value is -1.61. The number of rotatable bonds is 5. The Balaban J connectivity index is 2.20.